The first-order valence-electron chi connectivity index (χ1n) is 7.82. The second-order valence-corrected chi connectivity index (χ2v) is 6.08. The highest BCUT2D eigenvalue weighted by Gasteiger charge is 2.33. The molecule has 0 aromatic carbocycles. The number of piperidine rings is 1. The van der Waals surface area contributed by atoms with Gasteiger partial charge in [-0.2, -0.15) is 0 Å². The average molecular weight is 282 g/mol. The van der Waals surface area contributed by atoms with Gasteiger partial charge >= 0.3 is 0 Å². The average Bonchev–Trinajstić information content (AvgIpc) is 2.84. The number of β-amino-alcohol motifs (C(OH)–C–C–N with tert-alkyl or cyclic N) is 1. The highest BCUT2D eigenvalue weighted by Crippen LogP contribution is 2.24. The lowest BCUT2D eigenvalue weighted by Crippen LogP contribution is -2.50. The van der Waals surface area contributed by atoms with Crippen LogP contribution in [0.4, 0.5) is 0 Å². The van der Waals surface area contributed by atoms with Gasteiger partial charge in [-0.25, -0.2) is 0 Å². The first-order valence-corrected chi connectivity index (χ1v) is 7.82. The van der Waals surface area contributed by atoms with Crippen LogP contribution in [0.2, 0.25) is 0 Å². The van der Waals surface area contributed by atoms with Crippen LogP contribution in [0.15, 0.2) is 0 Å². The Morgan fingerprint density at radius 2 is 2.15 bits per heavy atom. The van der Waals surface area contributed by atoms with Crippen molar-refractivity contribution in [1.82, 2.24) is 9.80 Å². The van der Waals surface area contributed by atoms with Crippen molar-refractivity contribution >= 4 is 11.8 Å². The predicted octanol–water partition coefficient (Wildman–Crippen LogP) is 1.15. The summed E-state index contributed by atoms with van der Waals surface area (Å²) in [5, 5.41) is 10.3. The van der Waals surface area contributed by atoms with E-state index < -0.39 is 5.60 Å². The molecule has 2 saturated heterocycles. The summed E-state index contributed by atoms with van der Waals surface area (Å²) < 4.78 is 0. The summed E-state index contributed by atoms with van der Waals surface area (Å²) in [6.07, 6.45) is 5.16. The number of hydrogen-bond acceptors (Lipinski definition) is 3. The molecule has 0 radical (unpaired) electrons. The fourth-order valence-electron chi connectivity index (χ4n) is 3.13. The minimum atomic E-state index is -0.696. The van der Waals surface area contributed by atoms with Crippen molar-refractivity contribution in [2.75, 3.05) is 26.2 Å². The molecule has 5 nitrogen and oxygen atoms in total. The van der Waals surface area contributed by atoms with Gasteiger partial charge in [0, 0.05) is 39.0 Å². The number of carbonyl (C=O) groups is 2. The molecule has 0 aromatic rings. The summed E-state index contributed by atoms with van der Waals surface area (Å²) >= 11 is 0. The van der Waals surface area contributed by atoms with E-state index in [4.69, 9.17) is 0 Å². The van der Waals surface area contributed by atoms with Crippen molar-refractivity contribution in [2.45, 2.75) is 57.5 Å². The summed E-state index contributed by atoms with van der Waals surface area (Å²) in [7, 11) is 0. The third kappa shape index (κ3) is 3.72. The zero-order valence-electron chi connectivity index (χ0n) is 12.4. The van der Waals surface area contributed by atoms with E-state index in [-0.39, 0.29) is 11.8 Å². The summed E-state index contributed by atoms with van der Waals surface area (Å²) in [5.74, 6) is 0.332. The fourth-order valence-corrected chi connectivity index (χ4v) is 3.13. The molecule has 0 aliphatic carbocycles. The van der Waals surface area contributed by atoms with Gasteiger partial charge in [0.2, 0.25) is 11.8 Å². The van der Waals surface area contributed by atoms with Crippen LogP contribution in [-0.4, -0.2) is 58.5 Å². The van der Waals surface area contributed by atoms with Crippen LogP contribution in [0.5, 0.6) is 0 Å². The second-order valence-electron chi connectivity index (χ2n) is 6.08. The lowest BCUT2D eigenvalue weighted by atomic mass is 9.90. The summed E-state index contributed by atoms with van der Waals surface area (Å²) in [6.45, 7) is 4.71. The number of carbonyl (C=O) groups excluding carboxylic acids is 2. The SMILES string of the molecule is CCC1(O)CCCN(C(=O)CCCN2CCCC2=O)C1. The smallest absolute Gasteiger partial charge is 0.222 e. The Balaban J connectivity index is 1.73. The first-order chi connectivity index (χ1) is 9.54. The van der Waals surface area contributed by atoms with Crippen molar-refractivity contribution < 1.29 is 14.7 Å². The monoisotopic (exact) mass is 282 g/mol. The summed E-state index contributed by atoms with van der Waals surface area (Å²) in [5.41, 5.74) is -0.696. The molecule has 1 unspecified atom stereocenters. The van der Waals surface area contributed by atoms with Crippen molar-refractivity contribution in [1.29, 1.82) is 0 Å². The molecule has 0 spiro atoms. The maximum atomic E-state index is 12.2. The second kappa shape index (κ2) is 6.57. The Morgan fingerprint density at radius 1 is 1.35 bits per heavy atom. The Labute approximate surface area is 120 Å². The van der Waals surface area contributed by atoms with E-state index in [0.29, 0.717) is 32.4 Å². The molecule has 0 saturated carbocycles. The molecule has 1 N–H and O–H groups in total. The molecule has 0 bridgehead atoms. The van der Waals surface area contributed by atoms with Gasteiger partial charge in [-0.15, -0.1) is 0 Å². The molecule has 2 aliphatic rings. The van der Waals surface area contributed by atoms with E-state index in [1.165, 1.54) is 0 Å². The molecule has 2 rings (SSSR count). The van der Waals surface area contributed by atoms with Crippen LogP contribution in [0, 0.1) is 0 Å². The predicted molar refractivity (Wildman–Crippen MR) is 76.1 cm³/mol. The molecule has 2 heterocycles. The van der Waals surface area contributed by atoms with Crippen LogP contribution in [0.3, 0.4) is 0 Å². The molecule has 2 aliphatic heterocycles. The van der Waals surface area contributed by atoms with Gasteiger partial charge in [0.25, 0.3) is 0 Å². The Bertz CT molecular complexity index is 372. The van der Waals surface area contributed by atoms with Crippen molar-refractivity contribution in [3.63, 3.8) is 0 Å². The molecule has 5 heteroatoms. The van der Waals surface area contributed by atoms with Gasteiger partial charge in [-0.1, -0.05) is 6.92 Å². The van der Waals surface area contributed by atoms with E-state index in [2.05, 4.69) is 0 Å². The van der Waals surface area contributed by atoms with E-state index in [1.54, 1.807) is 4.90 Å². The molecule has 20 heavy (non-hydrogen) atoms. The largest absolute Gasteiger partial charge is 0.388 e. The standard InChI is InChI=1S/C15H26N2O3/c1-2-15(20)8-5-11-17(12-15)14(19)7-4-10-16-9-3-6-13(16)18/h20H,2-12H2,1H3. The van der Waals surface area contributed by atoms with E-state index in [1.807, 2.05) is 11.8 Å². The third-order valence-corrected chi connectivity index (χ3v) is 4.56. The number of likely N-dealkylation sites (tertiary alicyclic amines) is 2. The van der Waals surface area contributed by atoms with Gasteiger partial charge in [-0.05, 0) is 32.1 Å². The zero-order chi connectivity index (χ0) is 14.6. The summed E-state index contributed by atoms with van der Waals surface area (Å²) in [6, 6.07) is 0. The molecule has 2 amide bonds. The fraction of sp³-hybridized carbons (Fsp3) is 0.867. The molecule has 0 aromatic heterocycles. The summed E-state index contributed by atoms with van der Waals surface area (Å²) in [4.78, 5) is 27.3. The number of aliphatic hydroxyl groups is 1. The van der Waals surface area contributed by atoms with E-state index >= 15 is 0 Å². The highest BCUT2D eigenvalue weighted by molar-refractivity contribution is 5.78. The highest BCUT2D eigenvalue weighted by atomic mass is 16.3. The topological polar surface area (TPSA) is 60.9 Å². The third-order valence-electron chi connectivity index (χ3n) is 4.56. The normalized spacial score (nSPS) is 27.2. The quantitative estimate of drug-likeness (QED) is 0.823. The lowest BCUT2D eigenvalue weighted by molar-refractivity contribution is -0.139. The van der Waals surface area contributed by atoms with Gasteiger partial charge in [0.15, 0.2) is 0 Å². The van der Waals surface area contributed by atoms with Gasteiger partial charge in [-0.3, -0.25) is 9.59 Å². The lowest BCUT2D eigenvalue weighted by Gasteiger charge is -2.38. The zero-order valence-corrected chi connectivity index (χ0v) is 12.4. The number of nitrogens with zero attached hydrogens (tertiary/aromatic N) is 2. The van der Waals surface area contributed by atoms with Gasteiger partial charge < -0.3 is 14.9 Å². The maximum Gasteiger partial charge on any atom is 0.222 e. The minimum Gasteiger partial charge on any atom is -0.388 e. The van der Waals surface area contributed by atoms with Crippen LogP contribution >= 0.6 is 0 Å². The van der Waals surface area contributed by atoms with Crippen molar-refractivity contribution in [3.8, 4) is 0 Å². The maximum absolute atomic E-state index is 12.2. The number of hydrogen-bond donors (Lipinski definition) is 1. The Kier molecular flexibility index (Phi) is 5.02. The Hall–Kier alpha value is -1.10. The molecule has 2 fully saturated rings. The molecule has 114 valence electrons. The van der Waals surface area contributed by atoms with Gasteiger partial charge in [0.1, 0.15) is 0 Å². The van der Waals surface area contributed by atoms with Gasteiger partial charge in [0.05, 0.1) is 5.60 Å². The van der Waals surface area contributed by atoms with Crippen molar-refractivity contribution in [3.05, 3.63) is 0 Å². The van der Waals surface area contributed by atoms with Crippen LogP contribution in [0.1, 0.15) is 51.9 Å². The van der Waals surface area contributed by atoms with Crippen LogP contribution in [0.25, 0.3) is 0 Å². The van der Waals surface area contributed by atoms with Crippen LogP contribution in [-0.2, 0) is 9.59 Å². The molecular weight excluding hydrogens is 256 g/mol. The van der Waals surface area contributed by atoms with Crippen molar-refractivity contribution in [2.24, 2.45) is 0 Å². The van der Waals surface area contributed by atoms with E-state index in [0.717, 1.165) is 38.8 Å². The molecular formula is C15H26N2O3. The Morgan fingerprint density at radius 3 is 2.80 bits per heavy atom. The van der Waals surface area contributed by atoms with Crippen LogP contribution < -0.4 is 0 Å². The first kappa shape index (κ1) is 15.3. The van der Waals surface area contributed by atoms with E-state index in [9.17, 15) is 14.7 Å². The number of amides is 2. The number of rotatable bonds is 5. The minimum absolute atomic E-state index is 0.114. The molecule has 1 atom stereocenters.